The first-order chi connectivity index (χ1) is 15.3. The largest absolute Gasteiger partial charge is 0.507 e. The van der Waals surface area contributed by atoms with Crippen molar-refractivity contribution in [3.8, 4) is 11.5 Å². The minimum Gasteiger partial charge on any atom is -0.507 e. The highest BCUT2D eigenvalue weighted by atomic mass is 16.3. The number of phenols is 2. The van der Waals surface area contributed by atoms with Gasteiger partial charge in [0.2, 0.25) is 0 Å². The molecule has 0 atom stereocenters. The van der Waals surface area contributed by atoms with Crippen molar-refractivity contribution in [2.75, 3.05) is 0 Å². The first-order valence-electron chi connectivity index (χ1n) is 10.0. The Kier molecular flexibility index (Phi) is 5.28. The minimum absolute atomic E-state index is 0.0375. The van der Waals surface area contributed by atoms with Crippen LogP contribution in [0.5, 0.6) is 11.5 Å². The molecule has 0 radical (unpaired) electrons. The number of benzene rings is 4. The van der Waals surface area contributed by atoms with E-state index >= 15 is 0 Å². The second-order valence-corrected chi connectivity index (χ2v) is 7.78. The number of hydrogen-bond donors (Lipinski definition) is 4. The zero-order valence-corrected chi connectivity index (χ0v) is 17.3. The fourth-order valence-corrected chi connectivity index (χ4v) is 4.12. The summed E-state index contributed by atoms with van der Waals surface area (Å²) in [4.78, 5) is 23.7. The highest BCUT2D eigenvalue weighted by Gasteiger charge is 2.20. The SMILES string of the molecule is C=C(Cc1c(O)c(C(N)=O)cc2ccccc12)Cc1c(O)c(C(N)=O)cc2ccccc12. The number of nitrogens with two attached hydrogens (primary N) is 2. The van der Waals surface area contributed by atoms with Gasteiger partial charge in [0.25, 0.3) is 11.8 Å². The van der Waals surface area contributed by atoms with Crippen LogP contribution in [0, 0.1) is 0 Å². The van der Waals surface area contributed by atoms with E-state index in [2.05, 4.69) is 6.58 Å². The predicted octanol–water partition coefficient (Wildman–Crippen LogP) is 3.94. The number of carbonyl (C=O) groups is 2. The average molecular weight is 426 g/mol. The fourth-order valence-electron chi connectivity index (χ4n) is 4.12. The van der Waals surface area contributed by atoms with Crippen LogP contribution in [-0.2, 0) is 12.8 Å². The van der Waals surface area contributed by atoms with Crippen LogP contribution in [0.2, 0.25) is 0 Å². The molecule has 0 aliphatic rings. The van der Waals surface area contributed by atoms with E-state index in [9.17, 15) is 19.8 Å². The first kappa shape index (κ1) is 20.9. The Morgan fingerprint density at radius 1 is 0.719 bits per heavy atom. The second kappa shape index (κ2) is 8.07. The molecule has 160 valence electrons. The summed E-state index contributed by atoms with van der Waals surface area (Å²) in [6.07, 6.45) is 0.476. The summed E-state index contributed by atoms with van der Waals surface area (Å²) >= 11 is 0. The molecule has 0 spiro atoms. The standard InChI is InChI=1S/C26H22N2O4/c1-14(10-19-17-8-4-2-6-15(17)12-21(23(19)29)25(27)31)11-20-18-9-5-3-7-16(18)13-22(24(20)30)26(28)32/h2-9,12-13,29-30H,1,10-11H2,(H2,27,31)(H2,28,32). The molecule has 0 bridgehead atoms. The van der Waals surface area contributed by atoms with E-state index in [1.165, 1.54) is 0 Å². The van der Waals surface area contributed by atoms with Gasteiger partial charge in [0.15, 0.2) is 0 Å². The zero-order valence-electron chi connectivity index (χ0n) is 17.3. The molecule has 6 heteroatoms. The summed E-state index contributed by atoms with van der Waals surface area (Å²) in [5.41, 5.74) is 12.7. The number of aromatic hydroxyl groups is 2. The number of hydrogen-bond acceptors (Lipinski definition) is 4. The third kappa shape index (κ3) is 3.63. The van der Waals surface area contributed by atoms with Gasteiger partial charge in [-0.3, -0.25) is 9.59 Å². The van der Waals surface area contributed by atoms with Crippen LogP contribution in [-0.4, -0.2) is 22.0 Å². The quantitative estimate of drug-likeness (QED) is 0.348. The number of amides is 2. The number of allylic oxidation sites excluding steroid dienone is 1. The van der Waals surface area contributed by atoms with Gasteiger partial charge < -0.3 is 21.7 Å². The van der Waals surface area contributed by atoms with Crippen molar-refractivity contribution in [3.63, 3.8) is 0 Å². The molecular formula is C26H22N2O4. The minimum atomic E-state index is -0.724. The fraction of sp³-hybridized carbons (Fsp3) is 0.0769. The monoisotopic (exact) mass is 426 g/mol. The Balaban J connectivity index is 1.79. The summed E-state index contributed by atoms with van der Waals surface area (Å²) in [6.45, 7) is 4.14. The molecule has 2 amide bonds. The summed E-state index contributed by atoms with van der Waals surface area (Å²) in [5, 5.41) is 24.6. The predicted molar refractivity (Wildman–Crippen MR) is 125 cm³/mol. The van der Waals surface area contributed by atoms with Crippen molar-refractivity contribution in [1.29, 1.82) is 0 Å². The van der Waals surface area contributed by atoms with E-state index in [1.54, 1.807) is 12.1 Å². The van der Waals surface area contributed by atoms with Crippen molar-refractivity contribution in [2.45, 2.75) is 12.8 Å². The Morgan fingerprint density at radius 3 is 1.47 bits per heavy atom. The van der Waals surface area contributed by atoms with Crippen LogP contribution in [0.3, 0.4) is 0 Å². The van der Waals surface area contributed by atoms with Crippen LogP contribution in [0.15, 0.2) is 72.8 Å². The summed E-state index contributed by atoms with van der Waals surface area (Å²) in [5.74, 6) is -1.81. The van der Waals surface area contributed by atoms with E-state index in [-0.39, 0.29) is 35.5 Å². The van der Waals surface area contributed by atoms with Gasteiger partial charge in [0.05, 0.1) is 11.1 Å². The van der Waals surface area contributed by atoms with Gasteiger partial charge in [-0.05, 0) is 46.5 Å². The van der Waals surface area contributed by atoms with Gasteiger partial charge in [-0.15, -0.1) is 0 Å². The first-order valence-corrected chi connectivity index (χ1v) is 10.0. The molecule has 4 aromatic rings. The van der Waals surface area contributed by atoms with Gasteiger partial charge in [-0.2, -0.15) is 0 Å². The van der Waals surface area contributed by atoms with Crippen molar-refractivity contribution in [3.05, 3.63) is 95.1 Å². The zero-order chi connectivity index (χ0) is 23.0. The molecule has 0 unspecified atom stereocenters. The molecule has 0 aliphatic carbocycles. The number of fused-ring (bicyclic) bond motifs is 2. The van der Waals surface area contributed by atoms with Crippen molar-refractivity contribution in [1.82, 2.24) is 0 Å². The third-order valence-electron chi connectivity index (χ3n) is 5.64. The van der Waals surface area contributed by atoms with Crippen molar-refractivity contribution < 1.29 is 19.8 Å². The van der Waals surface area contributed by atoms with Gasteiger partial charge >= 0.3 is 0 Å². The molecule has 0 fully saturated rings. The molecule has 0 saturated carbocycles. The molecule has 4 aromatic carbocycles. The lowest BCUT2D eigenvalue weighted by molar-refractivity contribution is 0.0989. The van der Waals surface area contributed by atoms with Crippen LogP contribution in [0.1, 0.15) is 31.8 Å². The lowest BCUT2D eigenvalue weighted by Gasteiger charge is -2.16. The molecule has 4 rings (SSSR count). The highest BCUT2D eigenvalue weighted by Crippen LogP contribution is 2.36. The Morgan fingerprint density at radius 2 is 1.09 bits per heavy atom. The van der Waals surface area contributed by atoms with E-state index in [1.807, 2.05) is 48.5 Å². The Bertz CT molecular complexity index is 1320. The van der Waals surface area contributed by atoms with Crippen LogP contribution in [0.4, 0.5) is 0 Å². The smallest absolute Gasteiger partial charge is 0.252 e. The van der Waals surface area contributed by atoms with Gasteiger partial charge in [-0.25, -0.2) is 0 Å². The van der Waals surface area contributed by atoms with Crippen LogP contribution >= 0.6 is 0 Å². The van der Waals surface area contributed by atoms with E-state index in [0.29, 0.717) is 16.7 Å². The maximum atomic E-state index is 11.8. The maximum Gasteiger partial charge on any atom is 0.252 e. The third-order valence-corrected chi connectivity index (χ3v) is 5.64. The van der Waals surface area contributed by atoms with Gasteiger partial charge in [0.1, 0.15) is 11.5 Å². The molecule has 0 aliphatic heterocycles. The molecule has 6 nitrogen and oxygen atoms in total. The van der Waals surface area contributed by atoms with E-state index in [0.717, 1.165) is 21.5 Å². The maximum absolute atomic E-state index is 11.8. The molecular weight excluding hydrogens is 404 g/mol. The Hall–Kier alpha value is -4.32. The van der Waals surface area contributed by atoms with Crippen molar-refractivity contribution >= 4 is 33.4 Å². The topological polar surface area (TPSA) is 127 Å². The molecule has 0 heterocycles. The molecule has 0 saturated heterocycles. The van der Waals surface area contributed by atoms with Crippen LogP contribution in [0.25, 0.3) is 21.5 Å². The average Bonchev–Trinajstić information content (AvgIpc) is 2.76. The van der Waals surface area contributed by atoms with Crippen LogP contribution < -0.4 is 11.5 Å². The molecule has 0 aromatic heterocycles. The summed E-state index contributed by atoms with van der Waals surface area (Å²) in [6, 6.07) is 17.9. The van der Waals surface area contributed by atoms with Gasteiger partial charge in [-0.1, -0.05) is 60.7 Å². The summed E-state index contributed by atoms with van der Waals surface area (Å²) < 4.78 is 0. The Labute approximate surface area is 184 Å². The molecule has 6 N–H and O–H groups in total. The number of rotatable bonds is 6. The number of carbonyl (C=O) groups excluding carboxylic acids is 2. The molecule has 32 heavy (non-hydrogen) atoms. The lowest BCUT2D eigenvalue weighted by Crippen LogP contribution is -2.13. The van der Waals surface area contributed by atoms with Gasteiger partial charge in [0, 0.05) is 11.1 Å². The van der Waals surface area contributed by atoms with Crippen molar-refractivity contribution in [2.24, 2.45) is 11.5 Å². The normalized spacial score (nSPS) is 11.0. The lowest BCUT2D eigenvalue weighted by atomic mass is 9.90. The van der Waals surface area contributed by atoms with E-state index in [4.69, 9.17) is 11.5 Å². The highest BCUT2D eigenvalue weighted by molar-refractivity contribution is 6.03. The summed E-state index contributed by atoms with van der Waals surface area (Å²) in [7, 11) is 0. The number of primary amides is 2. The second-order valence-electron chi connectivity index (χ2n) is 7.78. The van der Waals surface area contributed by atoms with E-state index < -0.39 is 11.8 Å².